The summed E-state index contributed by atoms with van der Waals surface area (Å²) in [6, 6.07) is 7.97. The molecule has 4 nitrogen and oxygen atoms in total. The quantitative estimate of drug-likeness (QED) is 0.421. The van der Waals surface area contributed by atoms with Gasteiger partial charge in [-0.3, -0.25) is 0 Å². The molecule has 3 rings (SSSR count). The SMILES string of the molecule is COc1cc(C(C)(C)C)c2op(Cl)oc3c(C(C)(C)C)cc(OC)cc3c2c1. The minimum Gasteiger partial charge on any atom is -0.497 e. The van der Waals surface area contributed by atoms with Gasteiger partial charge in [0.1, 0.15) is 22.7 Å². The highest BCUT2D eigenvalue weighted by Gasteiger charge is 2.25. The Morgan fingerprint density at radius 2 is 1.07 bits per heavy atom. The minimum absolute atomic E-state index is 0.165. The van der Waals surface area contributed by atoms with E-state index in [0.29, 0.717) is 0 Å². The van der Waals surface area contributed by atoms with Crippen molar-refractivity contribution in [2.45, 2.75) is 52.4 Å². The molecule has 0 amide bonds. The van der Waals surface area contributed by atoms with Gasteiger partial charge in [0.15, 0.2) is 0 Å². The molecule has 152 valence electrons. The van der Waals surface area contributed by atoms with Gasteiger partial charge in [-0.15, -0.1) is 0 Å². The van der Waals surface area contributed by atoms with Crippen molar-refractivity contribution in [1.29, 1.82) is 0 Å². The number of methoxy groups -OCH3 is 2. The summed E-state index contributed by atoms with van der Waals surface area (Å²) in [7, 11) is 1.69. The van der Waals surface area contributed by atoms with Gasteiger partial charge in [-0.05, 0) is 35.1 Å². The van der Waals surface area contributed by atoms with Crippen molar-refractivity contribution in [3.8, 4) is 11.5 Å². The average molecular weight is 423 g/mol. The van der Waals surface area contributed by atoms with Crippen LogP contribution in [0.3, 0.4) is 0 Å². The van der Waals surface area contributed by atoms with Gasteiger partial charge >= 0.3 is 7.37 Å². The minimum atomic E-state index is -1.66. The monoisotopic (exact) mass is 422 g/mol. The molecule has 6 heteroatoms. The Morgan fingerprint density at radius 1 is 0.714 bits per heavy atom. The molecule has 1 aromatic heterocycles. The molecule has 0 unspecified atom stereocenters. The van der Waals surface area contributed by atoms with Crippen molar-refractivity contribution in [1.82, 2.24) is 0 Å². The van der Waals surface area contributed by atoms with Crippen LogP contribution in [0.15, 0.2) is 32.7 Å². The second-order valence-corrected chi connectivity index (χ2v) is 10.6. The molecule has 0 saturated heterocycles. The van der Waals surface area contributed by atoms with Gasteiger partial charge in [-0.1, -0.05) is 41.5 Å². The highest BCUT2D eigenvalue weighted by atomic mass is 35.7. The van der Waals surface area contributed by atoms with E-state index in [9.17, 15) is 0 Å². The zero-order valence-electron chi connectivity index (χ0n) is 17.8. The van der Waals surface area contributed by atoms with Crippen LogP contribution in [0, 0.1) is 0 Å². The average Bonchev–Trinajstić information content (AvgIpc) is 2.73. The van der Waals surface area contributed by atoms with Crippen LogP contribution in [-0.2, 0) is 10.8 Å². The van der Waals surface area contributed by atoms with Gasteiger partial charge in [0.2, 0.25) is 0 Å². The van der Waals surface area contributed by atoms with Crippen LogP contribution >= 0.6 is 18.6 Å². The molecule has 0 aliphatic carbocycles. The van der Waals surface area contributed by atoms with Crippen LogP contribution < -0.4 is 9.47 Å². The fraction of sp³-hybridized carbons (Fsp3) is 0.455. The third-order valence-electron chi connectivity index (χ3n) is 4.83. The standard InChI is InChI=1S/C22H28ClO4P/c1-21(2,3)17-11-13(24-7)9-15-16-10-14(25-8)12-18(22(4,5)6)20(16)27-28(23)26-19(15)17/h9-12H,1-8H3. The Bertz CT molecular complexity index is 988. The molecule has 1 heterocycles. The van der Waals surface area contributed by atoms with Crippen molar-refractivity contribution in [2.75, 3.05) is 14.2 Å². The van der Waals surface area contributed by atoms with Crippen molar-refractivity contribution >= 4 is 40.5 Å². The van der Waals surface area contributed by atoms with E-state index in [1.807, 2.05) is 24.3 Å². The van der Waals surface area contributed by atoms with Gasteiger partial charge in [0.25, 0.3) is 0 Å². The third kappa shape index (κ3) is 3.86. The molecule has 0 fully saturated rings. The number of ether oxygens (including phenoxy) is 2. The Morgan fingerprint density at radius 3 is 1.36 bits per heavy atom. The summed E-state index contributed by atoms with van der Waals surface area (Å²) >= 11 is 6.53. The summed E-state index contributed by atoms with van der Waals surface area (Å²) in [6.45, 7) is 12.8. The second kappa shape index (κ2) is 7.24. The van der Waals surface area contributed by atoms with Crippen LogP contribution in [0.1, 0.15) is 52.7 Å². The molecule has 3 aromatic rings. The largest absolute Gasteiger partial charge is 0.497 e. The summed E-state index contributed by atoms with van der Waals surface area (Å²) in [5.74, 6) is 1.53. The van der Waals surface area contributed by atoms with Gasteiger partial charge in [-0.2, -0.15) is 0 Å². The number of benzene rings is 2. The lowest BCUT2D eigenvalue weighted by atomic mass is 9.84. The lowest BCUT2D eigenvalue weighted by Crippen LogP contribution is -2.12. The van der Waals surface area contributed by atoms with Crippen molar-refractivity contribution < 1.29 is 17.9 Å². The molecule has 0 bridgehead atoms. The first-order valence-corrected chi connectivity index (χ1v) is 11.3. The molecule has 0 radical (unpaired) electrons. The Hall–Kier alpha value is -1.77. The maximum absolute atomic E-state index is 6.53. The maximum Gasteiger partial charge on any atom is 0.327 e. The van der Waals surface area contributed by atoms with Crippen molar-refractivity contribution in [3.05, 3.63) is 35.4 Å². The van der Waals surface area contributed by atoms with Crippen LogP contribution in [0.4, 0.5) is 0 Å². The maximum atomic E-state index is 6.53. The van der Waals surface area contributed by atoms with Gasteiger partial charge < -0.3 is 17.9 Å². The Balaban J connectivity index is 2.67. The first-order chi connectivity index (χ1) is 13.0. The zero-order valence-corrected chi connectivity index (χ0v) is 19.4. The normalized spacial score (nSPS) is 12.5. The van der Waals surface area contributed by atoms with Crippen molar-refractivity contribution in [2.24, 2.45) is 0 Å². The van der Waals surface area contributed by atoms with Gasteiger partial charge in [-0.25, -0.2) is 0 Å². The molecular weight excluding hydrogens is 395 g/mol. The first kappa shape index (κ1) is 21.0. The second-order valence-electron chi connectivity index (χ2n) is 9.00. The number of halogens is 1. The van der Waals surface area contributed by atoms with E-state index in [2.05, 4.69) is 41.5 Å². The predicted octanol–water partition coefficient (Wildman–Crippen LogP) is 7.90. The highest BCUT2D eigenvalue weighted by molar-refractivity contribution is 7.68. The van der Waals surface area contributed by atoms with Crippen LogP contribution in [0.25, 0.3) is 21.9 Å². The van der Waals surface area contributed by atoms with Crippen LogP contribution in [-0.4, -0.2) is 14.2 Å². The van der Waals surface area contributed by atoms with Gasteiger partial charge in [0.05, 0.1) is 14.2 Å². The van der Waals surface area contributed by atoms with E-state index in [1.54, 1.807) is 14.2 Å². The topological polar surface area (TPSA) is 44.7 Å². The fourth-order valence-corrected chi connectivity index (χ4v) is 4.45. The number of hydrogen-bond donors (Lipinski definition) is 0. The van der Waals surface area contributed by atoms with Crippen LogP contribution in [0.2, 0.25) is 0 Å². The molecule has 0 atom stereocenters. The third-order valence-corrected chi connectivity index (χ3v) is 5.89. The van der Waals surface area contributed by atoms with E-state index < -0.39 is 7.37 Å². The van der Waals surface area contributed by atoms with Gasteiger partial charge in [0, 0.05) is 33.1 Å². The summed E-state index contributed by atoms with van der Waals surface area (Å²) in [4.78, 5) is 0. The Labute approximate surface area is 172 Å². The fourth-order valence-electron chi connectivity index (χ4n) is 3.31. The molecule has 0 saturated carbocycles. The van der Waals surface area contributed by atoms with E-state index in [4.69, 9.17) is 29.1 Å². The van der Waals surface area contributed by atoms with Crippen LogP contribution in [0.5, 0.6) is 11.5 Å². The van der Waals surface area contributed by atoms with E-state index >= 15 is 0 Å². The first-order valence-electron chi connectivity index (χ1n) is 9.23. The summed E-state index contributed by atoms with van der Waals surface area (Å²) < 4.78 is 23.5. The van der Waals surface area contributed by atoms with Crippen molar-refractivity contribution in [3.63, 3.8) is 0 Å². The number of hydrogen-bond acceptors (Lipinski definition) is 4. The highest BCUT2D eigenvalue weighted by Crippen LogP contribution is 2.46. The molecule has 28 heavy (non-hydrogen) atoms. The van der Waals surface area contributed by atoms with E-state index in [0.717, 1.165) is 44.6 Å². The number of rotatable bonds is 2. The zero-order chi connectivity index (χ0) is 20.9. The van der Waals surface area contributed by atoms with E-state index in [-0.39, 0.29) is 10.8 Å². The molecule has 0 N–H and O–H groups in total. The lowest BCUT2D eigenvalue weighted by molar-refractivity contribution is 0.413. The molecular formula is C22H28ClO4P. The molecule has 2 aromatic carbocycles. The smallest absolute Gasteiger partial charge is 0.327 e. The predicted molar refractivity (Wildman–Crippen MR) is 118 cm³/mol. The summed E-state index contributed by atoms with van der Waals surface area (Å²) in [6.07, 6.45) is 0. The Kier molecular flexibility index (Phi) is 5.42. The summed E-state index contributed by atoms with van der Waals surface area (Å²) in [5.41, 5.74) is 3.19. The molecule has 0 aliphatic rings. The molecule has 0 aliphatic heterocycles. The van der Waals surface area contributed by atoms with E-state index in [1.165, 1.54) is 0 Å². The molecule has 0 spiro atoms. The summed E-state index contributed by atoms with van der Waals surface area (Å²) in [5, 5.41) is 1.80. The number of fused-ring (bicyclic) bond motifs is 3. The lowest BCUT2D eigenvalue weighted by Gasteiger charge is -2.21.